The normalized spacial score (nSPS) is 15.8. The van der Waals surface area contributed by atoms with E-state index in [4.69, 9.17) is 0 Å². The number of carbonyl (C=O) groups is 1. The number of aryl methyl sites for hydroxylation is 1. The summed E-state index contributed by atoms with van der Waals surface area (Å²) >= 11 is 0. The number of rotatable bonds is 3. The van der Waals surface area contributed by atoms with Crippen molar-refractivity contribution >= 4 is 29.1 Å². The Labute approximate surface area is 138 Å². The lowest BCUT2D eigenvalue weighted by molar-refractivity contribution is -0.671. The number of non-ortho nitro benzene ring substituents is 1. The quantitative estimate of drug-likeness (QED) is 0.376. The number of carbonyl (C=O) groups excluding carboxylic acids is 1. The molecule has 0 saturated heterocycles. The SMILES string of the molecule is CC1=NN(c2ccc([N+](=O)[O-])cc2)C(=O)C1=Cc1ccc[n+](C)c1. The molecule has 24 heavy (non-hydrogen) atoms. The summed E-state index contributed by atoms with van der Waals surface area (Å²) in [7, 11) is 1.91. The van der Waals surface area contributed by atoms with Crippen LogP contribution >= 0.6 is 0 Å². The summed E-state index contributed by atoms with van der Waals surface area (Å²) < 4.78 is 1.90. The molecule has 0 atom stereocenters. The second-order valence-electron chi connectivity index (χ2n) is 5.44. The van der Waals surface area contributed by atoms with Crippen molar-refractivity contribution in [2.45, 2.75) is 6.92 Å². The van der Waals surface area contributed by atoms with Crippen LogP contribution in [-0.4, -0.2) is 16.5 Å². The summed E-state index contributed by atoms with van der Waals surface area (Å²) in [4.78, 5) is 22.9. The molecule has 0 bridgehead atoms. The van der Waals surface area contributed by atoms with Gasteiger partial charge in [-0.05, 0) is 31.2 Å². The summed E-state index contributed by atoms with van der Waals surface area (Å²) in [6.07, 6.45) is 5.59. The molecule has 1 aliphatic heterocycles. The predicted octanol–water partition coefficient (Wildman–Crippen LogP) is 2.23. The van der Waals surface area contributed by atoms with Gasteiger partial charge in [-0.25, -0.2) is 4.57 Å². The average molecular weight is 323 g/mol. The fourth-order valence-corrected chi connectivity index (χ4v) is 2.44. The van der Waals surface area contributed by atoms with Crippen LogP contribution in [-0.2, 0) is 11.8 Å². The van der Waals surface area contributed by atoms with Crippen molar-refractivity contribution in [2.75, 3.05) is 5.01 Å². The van der Waals surface area contributed by atoms with Crippen LogP contribution in [0.15, 0.2) is 59.5 Å². The van der Waals surface area contributed by atoms with Crippen LogP contribution in [0.2, 0.25) is 0 Å². The first-order valence-corrected chi connectivity index (χ1v) is 7.27. The van der Waals surface area contributed by atoms with Crippen LogP contribution in [0.4, 0.5) is 11.4 Å². The largest absolute Gasteiger partial charge is 0.280 e. The standard InChI is InChI=1S/C17H15N4O3/c1-12-16(10-13-4-3-9-19(2)11-13)17(22)20(18-12)14-5-7-15(8-6-14)21(23)24/h3-11H,1-2H3/q+1. The van der Waals surface area contributed by atoms with Crippen molar-refractivity contribution in [2.24, 2.45) is 12.1 Å². The Morgan fingerprint density at radius 2 is 1.96 bits per heavy atom. The molecule has 0 saturated carbocycles. The number of hydrogen-bond donors (Lipinski definition) is 0. The maximum Gasteiger partial charge on any atom is 0.280 e. The number of nitro benzene ring substituents is 1. The highest BCUT2D eigenvalue weighted by molar-refractivity contribution is 6.32. The van der Waals surface area contributed by atoms with Gasteiger partial charge in [0.15, 0.2) is 12.4 Å². The zero-order valence-corrected chi connectivity index (χ0v) is 13.2. The molecule has 2 heterocycles. The third-order valence-electron chi connectivity index (χ3n) is 3.64. The van der Waals surface area contributed by atoms with Crippen LogP contribution in [0.1, 0.15) is 12.5 Å². The van der Waals surface area contributed by atoms with E-state index in [1.54, 1.807) is 13.0 Å². The van der Waals surface area contributed by atoms with E-state index < -0.39 is 4.92 Å². The number of hydrogen-bond acceptors (Lipinski definition) is 4. The number of benzene rings is 1. The molecule has 0 spiro atoms. The molecule has 1 amide bonds. The molecular weight excluding hydrogens is 308 g/mol. The molecule has 2 aromatic rings. The molecular formula is C17H15N4O3+. The summed E-state index contributed by atoms with van der Waals surface area (Å²) in [5, 5.41) is 16.2. The Balaban J connectivity index is 1.91. The third-order valence-corrected chi connectivity index (χ3v) is 3.64. The monoisotopic (exact) mass is 323 g/mol. The van der Waals surface area contributed by atoms with Gasteiger partial charge in [0, 0.05) is 23.8 Å². The second-order valence-corrected chi connectivity index (χ2v) is 5.44. The van der Waals surface area contributed by atoms with Crippen molar-refractivity contribution in [3.8, 4) is 0 Å². The van der Waals surface area contributed by atoms with E-state index in [0.717, 1.165) is 5.56 Å². The van der Waals surface area contributed by atoms with E-state index >= 15 is 0 Å². The maximum atomic E-state index is 12.6. The zero-order valence-electron chi connectivity index (χ0n) is 13.2. The van der Waals surface area contributed by atoms with Crippen LogP contribution in [0.3, 0.4) is 0 Å². The van der Waals surface area contributed by atoms with Gasteiger partial charge in [0.2, 0.25) is 0 Å². The van der Waals surface area contributed by atoms with Gasteiger partial charge in [-0.2, -0.15) is 10.1 Å². The number of amides is 1. The highest BCUT2D eigenvalue weighted by Crippen LogP contribution is 2.26. The summed E-state index contributed by atoms with van der Waals surface area (Å²) in [5.74, 6) is -0.257. The van der Waals surface area contributed by atoms with Gasteiger partial charge in [0.1, 0.15) is 7.05 Å². The average Bonchev–Trinajstić information content (AvgIpc) is 2.83. The Bertz CT molecular complexity index is 885. The summed E-state index contributed by atoms with van der Waals surface area (Å²) in [6.45, 7) is 1.76. The number of pyridine rings is 1. The Kier molecular flexibility index (Phi) is 3.91. The number of aromatic nitrogens is 1. The first kappa shape index (κ1) is 15.5. The molecule has 7 heteroatoms. The highest BCUT2D eigenvalue weighted by atomic mass is 16.6. The van der Waals surface area contributed by atoms with E-state index in [2.05, 4.69) is 5.10 Å². The lowest BCUT2D eigenvalue weighted by Gasteiger charge is -2.11. The third kappa shape index (κ3) is 2.91. The zero-order chi connectivity index (χ0) is 17.3. The van der Waals surface area contributed by atoms with Gasteiger partial charge < -0.3 is 0 Å². The topological polar surface area (TPSA) is 79.7 Å². The molecule has 1 aromatic heterocycles. The molecule has 0 fully saturated rings. The van der Waals surface area contributed by atoms with Crippen molar-refractivity contribution in [1.82, 2.24) is 0 Å². The molecule has 0 unspecified atom stereocenters. The second kappa shape index (κ2) is 6.04. The van der Waals surface area contributed by atoms with Gasteiger partial charge in [-0.1, -0.05) is 0 Å². The summed E-state index contributed by atoms with van der Waals surface area (Å²) in [5.41, 5.74) is 2.46. The van der Waals surface area contributed by atoms with Crippen LogP contribution < -0.4 is 9.58 Å². The Hall–Kier alpha value is -3.35. The fraction of sp³-hybridized carbons (Fsp3) is 0.118. The van der Waals surface area contributed by atoms with Crippen molar-refractivity contribution in [1.29, 1.82) is 0 Å². The molecule has 120 valence electrons. The van der Waals surface area contributed by atoms with Crippen molar-refractivity contribution < 1.29 is 14.3 Å². The smallest absolute Gasteiger partial charge is 0.267 e. The van der Waals surface area contributed by atoms with Gasteiger partial charge >= 0.3 is 0 Å². The molecule has 3 rings (SSSR count). The van der Waals surface area contributed by atoms with E-state index in [-0.39, 0.29) is 11.6 Å². The number of nitro groups is 1. The number of nitrogens with zero attached hydrogens (tertiary/aromatic N) is 4. The first-order chi connectivity index (χ1) is 11.5. The number of hydrazone groups is 1. The fourth-order valence-electron chi connectivity index (χ4n) is 2.44. The lowest BCUT2D eigenvalue weighted by Crippen LogP contribution is -2.26. The highest BCUT2D eigenvalue weighted by Gasteiger charge is 2.29. The molecule has 7 nitrogen and oxygen atoms in total. The van der Waals surface area contributed by atoms with Gasteiger partial charge in [-0.15, -0.1) is 0 Å². The molecule has 1 aromatic carbocycles. The lowest BCUT2D eigenvalue weighted by atomic mass is 10.1. The van der Waals surface area contributed by atoms with Gasteiger partial charge in [0.05, 0.1) is 21.9 Å². The van der Waals surface area contributed by atoms with Crippen LogP contribution in [0, 0.1) is 10.1 Å². The van der Waals surface area contributed by atoms with Gasteiger partial charge in [0.25, 0.3) is 11.6 Å². The Morgan fingerprint density at radius 3 is 2.58 bits per heavy atom. The molecule has 0 radical (unpaired) electrons. The molecule has 1 aliphatic rings. The predicted molar refractivity (Wildman–Crippen MR) is 89.3 cm³/mol. The van der Waals surface area contributed by atoms with E-state index in [0.29, 0.717) is 17.0 Å². The van der Waals surface area contributed by atoms with E-state index in [9.17, 15) is 14.9 Å². The van der Waals surface area contributed by atoms with Crippen LogP contribution in [0.25, 0.3) is 6.08 Å². The molecule has 0 aliphatic carbocycles. The summed E-state index contributed by atoms with van der Waals surface area (Å²) in [6, 6.07) is 9.53. The van der Waals surface area contributed by atoms with E-state index in [1.165, 1.54) is 29.3 Å². The maximum absolute atomic E-state index is 12.6. The minimum atomic E-state index is -0.481. The van der Waals surface area contributed by atoms with Gasteiger partial charge in [-0.3, -0.25) is 14.9 Å². The van der Waals surface area contributed by atoms with Crippen molar-refractivity contribution in [3.05, 3.63) is 70.0 Å². The Morgan fingerprint density at radius 1 is 1.25 bits per heavy atom. The minimum absolute atomic E-state index is 0.0290. The first-order valence-electron chi connectivity index (χ1n) is 7.27. The molecule has 0 N–H and O–H groups in total. The van der Waals surface area contributed by atoms with E-state index in [1.807, 2.05) is 36.1 Å². The number of anilines is 1. The van der Waals surface area contributed by atoms with Crippen LogP contribution in [0.5, 0.6) is 0 Å². The van der Waals surface area contributed by atoms with Crippen molar-refractivity contribution in [3.63, 3.8) is 0 Å². The minimum Gasteiger partial charge on any atom is -0.267 e.